The lowest BCUT2D eigenvalue weighted by Crippen LogP contribution is -2.44. The van der Waals surface area contributed by atoms with Gasteiger partial charge in [0.05, 0.1) is 6.61 Å². The second-order valence-corrected chi connectivity index (χ2v) is 14.1. The number of ether oxygens (including phenoxy) is 4. The molecule has 17 heteroatoms. The molecule has 2 aromatic heterocycles. The minimum Gasteiger partial charge on any atom is -0.476 e. The predicted molar refractivity (Wildman–Crippen MR) is 200 cm³/mol. The van der Waals surface area contributed by atoms with Gasteiger partial charge in [-0.2, -0.15) is 9.97 Å². The van der Waals surface area contributed by atoms with Gasteiger partial charge in [0.25, 0.3) is 5.88 Å². The molecular weight excluding hydrogens is 720 g/mol. The minimum absolute atomic E-state index is 0.0239. The zero-order valence-electron chi connectivity index (χ0n) is 32.7. The number of aliphatic hydroxyl groups excluding tert-OH is 1. The van der Waals surface area contributed by atoms with Gasteiger partial charge in [-0.25, -0.2) is 24.0 Å². The van der Waals surface area contributed by atoms with Crippen LogP contribution in [0.3, 0.4) is 0 Å². The van der Waals surface area contributed by atoms with Gasteiger partial charge < -0.3 is 38.0 Å². The number of carbonyl (C=O) groups is 5. The summed E-state index contributed by atoms with van der Waals surface area (Å²) in [5, 5.41) is 18.4. The summed E-state index contributed by atoms with van der Waals surface area (Å²) in [6.45, 7) is 16.6. The summed E-state index contributed by atoms with van der Waals surface area (Å²) in [5.41, 5.74) is -2.17. The van der Waals surface area contributed by atoms with E-state index in [2.05, 4.69) is 15.3 Å². The van der Waals surface area contributed by atoms with Gasteiger partial charge in [-0.05, 0) is 93.5 Å². The number of benzene rings is 2. The Labute approximate surface area is 318 Å². The van der Waals surface area contributed by atoms with Crippen LogP contribution in [-0.2, 0) is 18.9 Å². The molecule has 0 unspecified atom stereocenters. The van der Waals surface area contributed by atoms with Crippen LogP contribution < -0.4 is 10.2 Å². The molecule has 2 heterocycles. The first-order valence-corrected chi connectivity index (χ1v) is 16.8. The van der Waals surface area contributed by atoms with Crippen LogP contribution in [0.2, 0.25) is 0 Å². The molecule has 0 aliphatic rings. The number of hydrogen-bond acceptors (Lipinski definition) is 14. The van der Waals surface area contributed by atoms with Crippen molar-refractivity contribution in [1.29, 1.82) is 0 Å². The van der Waals surface area contributed by atoms with E-state index in [1.54, 1.807) is 124 Å². The lowest BCUT2D eigenvalue weighted by molar-refractivity contribution is 0.0419. The number of aromatic carboxylic acids is 1. The van der Waals surface area contributed by atoms with Crippen LogP contribution in [0.4, 0.5) is 26.2 Å². The first kappa shape index (κ1) is 44.9. The van der Waals surface area contributed by atoms with Crippen molar-refractivity contribution >= 4 is 42.0 Å². The summed E-state index contributed by atoms with van der Waals surface area (Å²) in [7, 11) is 1.00. The van der Waals surface area contributed by atoms with Gasteiger partial charge in [0, 0.05) is 18.2 Å². The van der Waals surface area contributed by atoms with Crippen molar-refractivity contribution in [2.24, 2.45) is 0 Å². The van der Waals surface area contributed by atoms with Crippen molar-refractivity contribution in [2.75, 3.05) is 23.9 Å². The van der Waals surface area contributed by atoms with Crippen LogP contribution in [0.15, 0.2) is 69.5 Å². The van der Waals surface area contributed by atoms with Gasteiger partial charge in [-0.1, -0.05) is 36.4 Å². The molecule has 0 radical (unpaired) electrons. The predicted octanol–water partition coefficient (Wildman–Crippen LogP) is 8.19. The fourth-order valence-corrected chi connectivity index (χ4v) is 4.01. The number of imide groups is 1. The second kappa shape index (κ2) is 19.2. The fraction of sp³-hybridized carbons (Fsp3) is 0.395. The Balaban J connectivity index is 0.000000383. The highest BCUT2D eigenvalue weighted by atomic mass is 16.6. The number of anilines is 2. The summed E-state index contributed by atoms with van der Waals surface area (Å²) >= 11 is 0. The molecule has 4 aromatic rings. The van der Waals surface area contributed by atoms with Crippen molar-refractivity contribution in [3.63, 3.8) is 0 Å². The largest absolute Gasteiger partial charge is 0.476 e. The molecule has 0 fully saturated rings. The third kappa shape index (κ3) is 14.3. The van der Waals surface area contributed by atoms with E-state index in [1.807, 2.05) is 6.07 Å². The SMILES string of the molecule is CC(C)(C)OC(=O)Nc1oc(-c2ccccc2)nc1C(=O)O.CCOC(=O)c1nc(-c2ccccc2)oc1N(C(=O)OC(C)(C)C)C(=O)OC(C)(C)C.CO. The van der Waals surface area contributed by atoms with E-state index in [9.17, 15) is 24.0 Å². The van der Waals surface area contributed by atoms with Crippen molar-refractivity contribution in [3.05, 3.63) is 72.1 Å². The smallest absolute Gasteiger partial charge is 0.427 e. The molecule has 0 spiro atoms. The Morgan fingerprint density at radius 3 is 1.49 bits per heavy atom. The third-order valence-electron chi connectivity index (χ3n) is 5.92. The number of nitrogens with zero attached hydrogens (tertiary/aromatic N) is 3. The number of aromatic nitrogens is 2. The highest BCUT2D eigenvalue weighted by Crippen LogP contribution is 2.32. The zero-order valence-corrected chi connectivity index (χ0v) is 32.7. The van der Waals surface area contributed by atoms with Crippen LogP contribution in [0.25, 0.3) is 22.9 Å². The number of carboxylic acids is 1. The van der Waals surface area contributed by atoms with Crippen molar-refractivity contribution in [2.45, 2.75) is 86.0 Å². The van der Waals surface area contributed by atoms with Crippen LogP contribution in [0.1, 0.15) is 90.2 Å². The van der Waals surface area contributed by atoms with Gasteiger partial charge >= 0.3 is 30.2 Å². The number of hydrogen-bond donors (Lipinski definition) is 3. The van der Waals surface area contributed by atoms with Crippen LogP contribution in [-0.4, -0.2) is 80.9 Å². The minimum atomic E-state index is -1.31. The fourth-order valence-electron chi connectivity index (χ4n) is 4.01. The van der Waals surface area contributed by atoms with E-state index in [0.717, 1.165) is 7.11 Å². The number of rotatable bonds is 7. The average molecular weight is 769 g/mol. The van der Waals surface area contributed by atoms with Gasteiger partial charge in [-0.3, -0.25) is 5.32 Å². The lowest BCUT2D eigenvalue weighted by Gasteiger charge is -2.27. The van der Waals surface area contributed by atoms with Gasteiger partial charge in [0.2, 0.25) is 29.1 Å². The zero-order chi connectivity index (χ0) is 41.7. The molecule has 3 amide bonds. The molecule has 55 heavy (non-hydrogen) atoms. The van der Waals surface area contributed by atoms with E-state index >= 15 is 0 Å². The van der Waals surface area contributed by atoms with Crippen molar-refractivity contribution in [1.82, 2.24) is 9.97 Å². The molecule has 0 saturated carbocycles. The Morgan fingerprint density at radius 1 is 0.673 bits per heavy atom. The van der Waals surface area contributed by atoms with Crippen LogP contribution >= 0.6 is 0 Å². The Bertz CT molecular complexity index is 1870. The molecular formula is C38H48N4O13. The maximum absolute atomic E-state index is 12.9. The molecule has 17 nitrogen and oxygen atoms in total. The lowest BCUT2D eigenvalue weighted by atomic mass is 10.2. The van der Waals surface area contributed by atoms with Gasteiger partial charge in [0.1, 0.15) is 16.8 Å². The molecule has 0 atom stereocenters. The average Bonchev–Trinajstić information content (AvgIpc) is 3.70. The number of esters is 1. The third-order valence-corrected chi connectivity index (χ3v) is 5.92. The van der Waals surface area contributed by atoms with E-state index in [-0.39, 0.29) is 35.7 Å². The summed E-state index contributed by atoms with van der Waals surface area (Å²) < 4.78 is 31.8. The van der Waals surface area contributed by atoms with E-state index in [1.165, 1.54) is 0 Å². The van der Waals surface area contributed by atoms with E-state index < -0.39 is 52.9 Å². The quantitative estimate of drug-likeness (QED) is 0.119. The number of oxazole rings is 2. The molecule has 0 saturated heterocycles. The maximum atomic E-state index is 12.9. The second-order valence-electron chi connectivity index (χ2n) is 14.1. The molecule has 0 bridgehead atoms. The Morgan fingerprint density at radius 2 is 1.09 bits per heavy atom. The molecule has 0 aliphatic heterocycles. The number of amides is 3. The molecule has 2 aromatic carbocycles. The van der Waals surface area contributed by atoms with Gasteiger partial charge in [-0.15, -0.1) is 4.90 Å². The normalized spacial score (nSPS) is 11.1. The molecule has 3 N–H and O–H groups in total. The summed E-state index contributed by atoms with van der Waals surface area (Å²) in [6.07, 6.45) is -2.98. The topological polar surface area (TPSA) is 230 Å². The Hall–Kier alpha value is -6.23. The van der Waals surface area contributed by atoms with Crippen molar-refractivity contribution < 1.29 is 62.0 Å². The maximum Gasteiger partial charge on any atom is 0.427 e. The summed E-state index contributed by atoms with van der Waals surface area (Å²) in [4.78, 5) is 70.0. The highest BCUT2D eigenvalue weighted by molar-refractivity contribution is 6.11. The summed E-state index contributed by atoms with van der Waals surface area (Å²) in [6, 6.07) is 17.5. The highest BCUT2D eigenvalue weighted by Gasteiger charge is 2.39. The van der Waals surface area contributed by atoms with Crippen LogP contribution in [0, 0.1) is 0 Å². The standard InChI is InChI=1S/C22H28N2O7.C15H16N2O5.CH4O/c1-8-28-18(25)15-17(29-16(23-15)14-12-10-9-11-13-14)24(19(26)30-21(2,3)4)20(27)31-22(5,6)7;1-15(2,3)22-14(20)17-12-10(13(18)19)16-11(21-12)9-7-5-4-6-8-9;1-2/h9-13H,8H2,1-7H3;4-8H,1-3H3,(H,17,20)(H,18,19);2H,1H3. The number of carbonyl (C=O) groups excluding carboxylic acids is 4. The first-order valence-electron chi connectivity index (χ1n) is 16.8. The molecule has 0 aliphatic carbocycles. The molecule has 4 rings (SSSR count). The Kier molecular flexibility index (Phi) is 15.7. The monoisotopic (exact) mass is 768 g/mol. The molecule has 298 valence electrons. The number of carboxylic acid groups (broad SMARTS) is 1. The number of nitrogens with one attached hydrogen (secondary N) is 1. The van der Waals surface area contributed by atoms with Crippen LogP contribution in [0.5, 0.6) is 0 Å². The first-order chi connectivity index (χ1) is 25.6. The van der Waals surface area contributed by atoms with Gasteiger partial charge in [0.15, 0.2) is 0 Å². The number of aliphatic hydroxyl groups is 1. The van der Waals surface area contributed by atoms with Crippen molar-refractivity contribution in [3.8, 4) is 22.9 Å². The van der Waals surface area contributed by atoms with E-state index in [4.69, 9.17) is 38.0 Å². The van der Waals surface area contributed by atoms with E-state index in [0.29, 0.717) is 16.0 Å². The summed E-state index contributed by atoms with van der Waals surface area (Å²) in [5.74, 6) is -2.75.